The van der Waals surface area contributed by atoms with Gasteiger partial charge in [-0.3, -0.25) is 4.84 Å². The summed E-state index contributed by atoms with van der Waals surface area (Å²) in [5.41, 5.74) is 1.02. The van der Waals surface area contributed by atoms with Gasteiger partial charge in [0.1, 0.15) is 0 Å². The maximum absolute atomic E-state index is 11.8. The highest BCUT2D eigenvalue weighted by atomic mass is 79.9. The van der Waals surface area contributed by atoms with Gasteiger partial charge >= 0.3 is 0 Å². The lowest BCUT2D eigenvalue weighted by Crippen LogP contribution is -2.25. The Morgan fingerprint density at radius 3 is 2.35 bits per heavy atom. The van der Waals surface area contributed by atoms with Crippen LogP contribution in [0.2, 0.25) is 0 Å². The largest absolute Gasteiger partial charge is 0.287 e. The number of halogens is 1. The third-order valence-corrected chi connectivity index (χ3v) is 3.85. The first kappa shape index (κ1) is 14.6. The number of benzene rings is 1. The molecule has 0 heterocycles. The summed E-state index contributed by atoms with van der Waals surface area (Å²) in [6, 6.07) is 6.62. The van der Waals surface area contributed by atoms with Gasteiger partial charge in [0.25, 0.3) is 10.0 Å². The van der Waals surface area contributed by atoms with Crippen LogP contribution in [-0.2, 0) is 20.2 Å². The summed E-state index contributed by atoms with van der Waals surface area (Å²) in [5.74, 6) is 0.272. The second-order valence-electron chi connectivity index (χ2n) is 4.07. The summed E-state index contributed by atoms with van der Waals surface area (Å²) in [4.78, 5) is 7.23. The third-order valence-electron chi connectivity index (χ3n) is 1.97. The zero-order valence-electron chi connectivity index (χ0n) is 9.81. The molecule has 4 nitrogen and oxygen atoms in total. The Morgan fingerprint density at radius 2 is 1.88 bits per heavy atom. The minimum Gasteiger partial charge on any atom is -0.287 e. The average molecular weight is 322 g/mol. The van der Waals surface area contributed by atoms with E-state index in [9.17, 15) is 8.42 Å². The zero-order valence-corrected chi connectivity index (χ0v) is 12.2. The molecule has 0 unspecified atom stereocenters. The van der Waals surface area contributed by atoms with E-state index < -0.39 is 10.0 Å². The van der Waals surface area contributed by atoms with E-state index in [-0.39, 0.29) is 10.8 Å². The first-order valence-electron chi connectivity index (χ1n) is 5.24. The van der Waals surface area contributed by atoms with Gasteiger partial charge in [-0.15, -0.1) is 0 Å². The normalized spacial score (nSPS) is 12.0. The molecule has 17 heavy (non-hydrogen) atoms. The molecule has 0 spiro atoms. The Hall–Kier alpha value is -0.430. The highest BCUT2D eigenvalue weighted by Gasteiger charge is 2.13. The molecule has 1 aromatic rings. The topological polar surface area (TPSA) is 55.4 Å². The molecule has 0 aliphatic rings. The lowest BCUT2D eigenvalue weighted by molar-refractivity contribution is 0.0719. The minimum atomic E-state index is -3.57. The van der Waals surface area contributed by atoms with Crippen molar-refractivity contribution in [2.75, 3.05) is 6.61 Å². The molecule has 0 radical (unpaired) electrons. The van der Waals surface area contributed by atoms with Gasteiger partial charge < -0.3 is 0 Å². The molecule has 1 rings (SSSR count). The van der Waals surface area contributed by atoms with Gasteiger partial charge in [0.15, 0.2) is 0 Å². The predicted molar refractivity (Wildman–Crippen MR) is 70.2 cm³/mol. The van der Waals surface area contributed by atoms with Gasteiger partial charge in [0.2, 0.25) is 0 Å². The number of nitrogens with one attached hydrogen (secondary N) is 1. The molecule has 0 bridgehead atoms. The fraction of sp³-hybridized carbons (Fsp3) is 0.455. The van der Waals surface area contributed by atoms with E-state index in [0.29, 0.717) is 11.9 Å². The van der Waals surface area contributed by atoms with Crippen molar-refractivity contribution < 1.29 is 13.3 Å². The second-order valence-corrected chi connectivity index (χ2v) is 6.27. The number of hydrogen-bond acceptors (Lipinski definition) is 3. The van der Waals surface area contributed by atoms with Crippen molar-refractivity contribution in [2.24, 2.45) is 5.92 Å². The third kappa shape index (κ3) is 4.75. The molecule has 1 N–H and O–H groups in total. The Kier molecular flexibility index (Phi) is 5.58. The maximum atomic E-state index is 11.8. The molecule has 0 aromatic heterocycles. The van der Waals surface area contributed by atoms with Crippen LogP contribution in [0.4, 0.5) is 0 Å². The van der Waals surface area contributed by atoms with Crippen LogP contribution in [0.5, 0.6) is 0 Å². The highest BCUT2D eigenvalue weighted by Crippen LogP contribution is 2.12. The molecule has 6 heteroatoms. The Balaban J connectivity index is 2.68. The van der Waals surface area contributed by atoms with E-state index >= 15 is 0 Å². The van der Waals surface area contributed by atoms with Crippen molar-refractivity contribution in [1.29, 1.82) is 0 Å². The SMILES string of the molecule is CC(C)CONS(=O)(=O)c1ccc(CBr)cc1. The lowest BCUT2D eigenvalue weighted by Gasteiger charge is -2.09. The molecule has 0 saturated heterocycles. The minimum absolute atomic E-state index is 0.200. The molecular weight excluding hydrogens is 306 g/mol. The number of sulfonamides is 1. The first-order chi connectivity index (χ1) is 7.95. The van der Waals surface area contributed by atoms with Crippen LogP contribution in [0.3, 0.4) is 0 Å². The van der Waals surface area contributed by atoms with Crippen molar-refractivity contribution in [1.82, 2.24) is 4.89 Å². The Bertz CT molecular complexity index is 442. The number of rotatable bonds is 6. The first-order valence-corrected chi connectivity index (χ1v) is 7.84. The van der Waals surface area contributed by atoms with Crippen LogP contribution in [-0.4, -0.2) is 15.0 Å². The Labute approximate surface area is 111 Å². The van der Waals surface area contributed by atoms with E-state index in [2.05, 4.69) is 20.8 Å². The Morgan fingerprint density at radius 1 is 1.29 bits per heavy atom. The smallest absolute Gasteiger partial charge is 0.262 e. The van der Waals surface area contributed by atoms with E-state index in [1.165, 1.54) is 0 Å². The molecular formula is C11H16BrNO3S. The second kappa shape index (κ2) is 6.49. The molecule has 0 atom stereocenters. The summed E-state index contributed by atoms with van der Waals surface area (Å²) in [5, 5.41) is 0.699. The predicted octanol–water partition coefficient (Wildman–Crippen LogP) is 2.45. The van der Waals surface area contributed by atoms with E-state index in [0.717, 1.165) is 5.56 Å². The summed E-state index contributed by atoms with van der Waals surface area (Å²) >= 11 is 3.30. The maximum Gasteiger partial charge on any atom is 0.262 e. The summed E-state index contributed by atoms with van der Waals surface area (Å²) in [6.45, 7) is 4.23. The van der Waals surface area contributed by atoms with Crippen LogP contribution in [0.15, 0.2) is 29.2 Å². The molecule has 96 valence electrons. The van der Waals surface area contributed by atoms with Crippen LogP contribution in [0.25, 0.3) is 0 Å². The molecule has 0 fully saturated rings. The van der Waals surface area contributed by atoms with Crippen molar-refractivity contribution in [2.45, 2.75) is 24.1 Å². The van der Waals surface area contributed by atoms with E-state index in [4.69, 9.17) is 4.84 Å². The van der Waals surface area contributed by atoms with Gasteiger partial charge in [-0.25, -0.2) is 8.42 Å². The van der Waals surface area contributed by atoms with Gasteiger partial charge in [0.05, 0.1) is 11.5 Å². The van der Waals surface area contributed by atoms with Gasteiger partial charge in [-0.1, -0.05) is 46.8 Å². The molecule has 1 aromatic carbocycles. The van der Waals surface area contributed by atoms with Gasteiger partial charge in [-0.2, -0.15) is 0 Å². The van der Waals surface area contributed by atoms with Crippen LogP contribution < -0.4 is 4.89 Å². The molecule has 0 amide bonds. The number of hydrogen-bond donors (Lipinski definition) is 1. The van der Waals surface area contributed by atoms with Crippen molar-refractivity contribution in [3.63, 3.8) is 0 Å². The molecule has 0 saturated carbocycles. The fourth-order valence-electron chi connectivity index (χ4n) is 1.08. The van der Waals surface area contributed by atoms with Crippen molar-refractivity contribution >= 4 is 26.0 Å². The fourth-order valence-corrected chi connectivity index (χ4v) is 2.27. The molecule has 0 aliphatic heterocycles. The number of alkyl halides is 1. The van der Waals surface area contributed by atoms with E-state index in [1.54, 1.807) is 24.3 Å². The monoisotopic (exact) mass is 321 g/mol. The highest BCUT2D eigenvalue weighted by molar-refractivity contribution is 9.08. The zero-order chi connectivity index (χ0) is 12.9. The summed E-state index contributed by atoms with van der Waals surface area (Å²) in [7, 11) is -3.57. The average Bonchev–Trinajstić information content (AvgIpc) is 2.28. The molecule has 0 aliphatic carbocycles. The van der Waals surface area contributed by atoms with Crippen LogP contribution in [0, 0.1) is 5.92 Å². The lowest BCUT2D eigenvalue weighted by atomic mass is 10.2. The summed E-state index contributed by atoms with van der Waals surface area (Å²) < 4.78 is 23.5. The summed E-state index contributed by atoms with van der Waals surface area (Å²) in [6.07, 6.45) is 0. The van der Waals surface area contributed by atoms with Gasteiger partial charge in [0, 0.05) is 5.33 Å². The quantitative estimate of drug-likeness (QED) is 0.646. The van der Waals surface area contributed by atoms with E-state index in [1.807, 2.05) is 13.8 Å². The van der Waals surface area contributed by atoms with Crippen LogP contribution in [0.1, 0.15) is 19.4 Å². The standard InChI is InChI=1S/C11H16BrNO3S/c1-9(2)8-16-13-17(14,15)11-5-3-10(7-12)4-6-11/h3-6,9,13H,7-8H2,1-2H3. The van der Waals surface area contributed by atoms with Crippen molar-refractivity contribution in [3.05, 3.63) is 29.8 Å². The van der Waals surface area contributed by atoms with Gasteiger partial charge in [-0.05, 0) is 23.6 Å². The van der Waals surface area contributed by atoms with Crippen molar-refractivity contribution in [3.8, 4) is 0 Å². The van der Waals surface area contributed by atoms with Crippen LogP contribution >= 0.6 is 15.9 Å².